The molecule has 7 nitrogen and oxygen atoms in total. The van der Waals surface area contributed by atoms with Crippen LogP contribution in [0.15, 0.2) is 22.7 Å². The van der Waals surface area contributed by atoms with Crippen LogP contribution >= 0.6 is 15.9 Å². The number of hydrogen-bond acceptors (Lipinski definition) is 5. The van der Waals surface area contributed by atoms with E-state index in [2.05, 4.69) is 20.7 Å². The molecule has 0 radical (unpaired) electrons. The van der Waals surface area contributed by atoms with E-state index in [9.17, 15) is 19.7 Å². The van der Waals surface area contributed by atoms with E-state index < -0.39 is 4.92 Å². The first-order chi connectivity index (χ1) is 9.95. The van der Waals surface area contributed by atoms with Gasteiger partial charge >= 0.3 is 5.97 Å². The van der Waals surface area contributed by atoms with Gasteiger partial charge in [-0.3, -0.25) is 19.7 Å². The van der Waals surface area contributed by atoms with Gasteiger partial charge in [-0.1, -0.05) is 6.07 Å². The summed E-state index contributed by atoms with van der Waals surface area (Å²) in [5.41, 5.74) is 0.0549. The standard InChI is InChI=1S/C13H13BrN2O5/c1-21-13(18)8-5-6-15(7-8)12(17)9-3-2-4-10(11(9)14)16(19)20/h2-4,8H,5-7H2,1H3. The summed E-state index contributed by atoms with van der Waals surface area (Å²) in [6, 6.07) is 4.30. The maximum Gasteiger partial charge on any atom is 0.310 e. The Morgan fingerprint density at radius 1 is 1.48 bits per heavy atom. The molecule has 0 saturated carbocycles. The third-order valence-electron chi connectivity index (χ3n) is 3.42. The minimum Gasteiger partial charge on any atom is -0.469 e. The Bertz CT molecular complexity index is 604. The number of benzene rings is 1. The average Bonchev–Trinajstić information content (AvgIpc) is 2.95. The van der Waals surface area contributed by atoms with E-state index in [4.69, 9.17) is 0 Å². The number of esters is 1. The Kier molecular flexibility index (Phi) is 4.56. The van der Waals surface area contributed by atoms with E-state index in [1.807, 2.05) is 0 Å². The smallest absolute Gasteiger partial charge is 0.310 e. The van der Waals surface area contributed by atoms with Gasteiger partial charge in [-0.05, 0) is 28.4 Å². The van der Waals surface area contributed by atoms with Gasteiger partial charge in [0.25, 0.3) is 11.6 Å². The SMILES string of the molecule is COC(=O)C1CCN(C(=O)c2cccc([N+](=O)[O-])c2Br)C1. The zero-order valence-corrected chi connectivity index (χ0v) is 12.8. The van der Waals surface area contributed by atoms with Crippen LogP contribution in [0.5, 0.6) is 0 Å². The molecule has 1 unspecified atom stereocenters. The molecule has 0 spiro atoms. The quantitative estimate of drug-likeness (QED) is 0.469. The molecule has 0 N–H and O–H groups in total. The fraction of sp³-hybridized carbons (Fsp3) is 0.385. The van der Waals surface area contributed by atoms with Gasteiger partial charge in [0.15, 0.2) is 0 Å². The van der Waals surface area contributed by atoms with E-state index in [-0.39, 0.29) is 40.1 Å². The van der Waals surface area contributed by atoms with Crippen molar-refractivity contribution < 1.29 is 19.2 Å². The summed E-state index contributed by atoms with van der Waals surface area (Å²) < 4.78 is 4.82. The van der Waals surface area contributed by atoms with Crippen molar-refractivity contribution in [3.8, 4) is 0 Å². The summed E-state index contributed by atoms with van der Waals surface area (Å²) >= 11 is 3.11. The zero-order valence-electron chi connectivity index (χ0n) is 11.2. The molecule has 2 rings (SSSR count). The van der Waals surface area contributed by atoms with Gasteiger partial charge in [0, 0.05) is 19.2 Å². The Morgan fingerprint density at radius 2 is 2.19 bits per heavy atom. The summed E-state index contributed by atoms with van der Waals surface area (Å²) in [6.07, 6.45) is 0.533. The molecule has 21 heavy (non-hydrogen) atoms. The highest BCUT2D eigenvalue weighted by Crippen LogP contribution is 2.30. The van der Waals surface area contributed by atoms with Gasteiger partial charge in [-0.25, -0.2) is 0 Å². The number of hydrogen-bond donors (Lipinski definition) is 0. The van der Waals surface area contributed by atoms with Crippen molar-refractivity contribution in [1.29, 1.82) is 0 Å². The summed E-state index contributed by atoms with van der Waals surface area (Å²) in [7, 11) is 1.31. The summed E-state index contributed by atoms with van der Waals surface area (Å²) in [6.45, 7) is 0.689. The molecule has 1 heterocycles. The first-order valence-electron chi connectivity index (χ1n) is 6.25. The summed E-state index contributed by atoms with van der Waals surface area (Å²) in [4.78, 5) is 35.7. The van der Waals surface area contributed by atoms with Crippen molar-refractivity contribution in [1.82, 2.24) is 4.90 Å². The number of ether oxygens (including phenoxy) is 1. The van der Waals surface area contributed by atoms with Crippen LogP contribution in [0.4, 0.5) is 5.69 Å². The third kappa shape index (κ3) is 3.05. The number of rotatable bonds is 3. The van der Waals surface area contributed by atoms with E-state index in [1.54, 1.807) is 0 Å². The zero-order chi connectivity index (χ0) is 15.6. The molecule has 0 aromatic heterocycles. The lowest BCUT2D eigenvalue weighted by atomic mass is 10.1. The van der Waals surface area contributed by atoms with Crippen molar-refractivity contribution >= 4 is 33.5 Å². The van der Waals surface area contributed by atoms with E-state index in [0.29, 0.717) is 13.0 Å². The predicted octanol–water partition coefficient (Wildman–Crippen LogP) is 1.99. The molecular weight excluding hydrogens is 344 g/mol. The highest BCUT2D eigenvalue weighted by molar-refractivity contribution is 9.10. The van der Waals surface area contributed by atoms with Gasteiger partial charge in [0.2, 0.25) is 0 Å². The third-order valence-corrected chi connectivity index (χ3v) is 4.25. The van der Waals surface area contributed by atoms with Crippen molar-refractivity contribution in [2.75, 3.05) is 20.2 Å². The molecule has 1 aromatic rings. The Balaban J connectivity index is 2.20. The molecule has 1 aromatic carbocycles. The summed E-state index contributed by atoms with van der Waals surface area (Å²) in [5.74, 6) is -1.02. The Morgan fingerprint density at radius 3 is 2.81 bits per heavy atom. The van der Waals surface area contributed by atoms with Crippen molar-refractivity contribution in [3.05, 3.63) is 38.3 Å². The number of nitro benzene ring substituents is 1. The number of methoxy groups -OCH3 is 1. The number of likely N-dealkylation sites (tertiary alicyclic amines) is 1. The second kappa shape index (κ2) is 6.21. The van der Waals surface area contributed by atoms with Gasteiger partial charge < -0.3 is 9.64 Å². The van der Waals surface area contributed by atoms with E-state index in [1.165, 1.54) is 30.2 Å². The van der Waals surface area contributed by atoms with Gasteiger partial charge in [0.05, 0.1) is 23.5 Å². The van der Waals surface area contributed by atoms with Gasteiger partial charge in [0.1, 0.15) is 4.47 Å². The van der Waals surface area contributed by atoms with Crippen LogP contribution in [0.2, 0.25) is 0 Å². The lowest BCUT2D eigenvalue weighted by Gasteiger charge is -2.16. The number of carbonyl (C=O) groups is 2. The predicted molar refractivity (Wildman–Crippen MR) is 76.8 cm³/mol. The van der Waals surface area contributed by atoms with Crippen molar-refractivity contribution in [2.45, 2.75) is 6.42 Å². The molecular formula is C13H13BrN2O5. The minimum absolute atomic E-state index is 0.154. The maximum absolute atomic E-state index is 12.4. The van der Waals surface area contributed by atoms with Crippen LogP contribution in [0.1, 0.15) is 16.8 Å². The molecule has 1 aliphatic rings. The maximum atomic E-state index is 12.4. The first-order valence-corrected chi connectivity index (χ1v) is 7.05. The van der Waals surface area contributed by atoms with Crippen LogP contribution in [-0.4, -0.2) is 41.9 Å². The van der Waals surface area contributed by atoms with E-state index >= 15 is 0 Å². The second-order valence-electron chi connectivity index (χ2n) is 4.66. The topological polar surface area (TPSA) is 89.8 Å². The second-order valence-corrected chi connectivity index (χ2v) is 5.45. The van der Waals surface area contributed by atoms with Crippen molar-refractivity contribution in [2.24, 2.45) is 5.92 Å². The monoisotopic (exact) mass is 356 g/mol. The number of carbonyl (C=O) groups excluding carboxylic acids is 2. The highest BCUT2D eigenvalue weighted by atomic mass is 79.9. The van der Waals surface area contributed by atoms with Gasteiger partial charge in [-0.15, -0.1) is 0 Å². The molecule has 1 atom stereocenters. The Hall–Kier alpha value is -1.96. The molecule has 1 saturated heterocycles. The van der Waals surface area contributed by atoms with Crippen LogP contribution < -0.4 is 0 Å². The molecule has 8 heteroatoms. The van der Waals surface area contributed by atoms with Crippen LogP contribution in [0.25, 0.3) is 0 Å². The molecule has 0 aliphatic carbocycles. The number of nitrogens with zero attached hydrogens (tertiary/aromatic N) is 2. The lowest BCUT2D eigenvalue weighted by molar-refractivity contribution is -0.385. The fourth-order valence-corrected chi connectivity index (χ4v) is 2.88. The molecule has 0 bridgehead atoms. The van der Waals surface area contributed by atoms with Gasteiger partial charge in [-0.2, -0.15) is 0 Å². The molecule has 1 fully saturated rings. The van der Waals surface area contributed by atoms with E-state index in [0.717, 1.165) is 0 Å². The number of nitro groups is 1. The largest absolute Gasteiger partial charge is 0.469 e. The Labute approximate surface area is 129 Å². The number of amides is 1. The molecule has 1 amide bonds. The normalized spacial score (nSPS) is 17.6. The van der Waals surface area contributed by atoms with Crippen LogP contribution in [0.3, 0.4) is 0 Å². The van der Waals surface area contributed by atoms with Crippen LogP contribution in [-0.2, 0) is 9.53 Å². The van der Waals surface area contributed by atoms with Crippen molar-refractivity contribution in [3.63, 3.8) is 0 Å². The fourth-order valence-electron chi connectivity index (χ4n) is 2.30. The van der Waals surface area contributed by atoms with Crippen LogP contribution in [0, 0.1) is 16.0 Å². The average molecular weight is 357 g/mol. The lowest BCUT2D eigenvalue weighted by Crippen LogP contribution is -2.30. The first kappa shape index (κ1) is 15.4. The molecule has 1 aliphatic heterocycles. The number of halogens is 1. The highest BCUT2D eigenvalue weighted by Gasteiger charge is 2.33. The minimum atomic E-state index is -0.553. The summed E-state index contributed by atoms with van der Waals surface area (Å²) in [5, 5.41) is 10.9. The molecule has 112 valence electrons.